The molecule has 1 unspecified atom stereocenters. The van der Waals surface area contributed by atoms with Crippen LogP contribution >= 0.6 is 0 Å². The first-order valence-electron chi connectivity index (χ1n) is 7.14. The van der Waals surface area contributed by atoms with Gasteiger partial charge in [-0.25, -0.2) is 4.39 Å². The second-order valence-corrected chi connectivity index (χ2v) is 5.44. The molecule has 1 atom stereocenters. The van der Waals surface area contributed by atoms with Crippen LogP contribution in [0.3, 0.4) is 0 Å². The molecule has 0 bridgehead atoms. The lowest BCUT2D eigenvalue weighted by Gasteiger charge is -2.31. The average Bonchev–Trinajstić information content (AvgIpc) is 2.44. The summed E-state index contributed by atoms with van der Waals surface area (Å²) in [6.45, 7) is 7.22. The first kappa shape index (κ1) is 16.1. The van der Waals surface area contributed by atoms with Crippen LogP contribution in [0.4, 0.5) is 4.39 Å². The summed E-state index contributed by atoms with van der Waals surface area (Å²) in [5, 5.41) is 12.9. The van der Waals surface area contributed by atoms with E-state index in [1.807, 2.05) is 12.1 Å². The van der Waals surface area contributed by atoms with E-state index in [9.17, 15) is 9.50 Å². The summed E-state index contributed by atoms with van der Waals surface area (Å²) < 4.78 is 13.6. The molecule has 0 aliphatic carbocycles. The van der Waals surface area contributed by atoms with Crippen LogP contribution in [0.1, 0.15) is 39.2 Å². The predicted molar refractivity (Wildman–Crippen MR) is 77.7 cm³/mol. The number of hydrogen-bond donors (Lipinski definition) is 2. The van der Waals surface area contributed by atoms with Crippen LogP contribution < -0.4 is 5.32 Å². The molecule has 0 amide bonds. The molecule has 0 aromatic heterocycles. The third-order valence-corrected chi connectivity index (χ3v) is 4.14. The number of benzene rings is 1. The zero-order valence-corrected chi connectivity index (χ0v) is 12.2. The molecule has 0 heterocycles. The van der Waals surface area contributed by atoms with Gasteiger partial charge < -0.3 is 10.4 Å². The van der Waals surface area contributed by atoms with Gasteiger partial charge in [-0.15, -0.1) is 0 Å². The minimum atomic E-state index is -0.143. The third-order valence-electron chi connectivity index (χ3n) is 4.14. The molecule has 0 aliphatic heterocycles. The van der Waals surface area contributed by atoms with Crippen molar-refractivity contribution in [2.45, 2.75) is 46.1 Å². The van der Waals surface area contributed by atoms with Gasteiger partial charge in [-0.3, -0.25) is 0 Å². The van der Waals surface area contributed by atoms with Gasteiger partial charge in [-0.2, -0.15) is 0 Å². The SMILES string of the molecule is CCC(CC)(CO)CNC(C)Cc1ccccc1F. The number of aliphatic hydroxyl groups excluding tert-OH is 1. The largest absolute Gasteiger partial charge is 0.396 e. The molecule has 19 heavy (non-hydrogen) atoms. The van der Waals surface area contributed by atoms with Crippen molar-refractivity contribution < 1.29 is 9.50 Å². The van der Waals surface area contributed by atoms with E-state index in [1.54, 1.807) is 6.07 Å². The number of rotatable bonds is 8. The van der Waals surface area contributed by atoms with Gasteiger partial charge in [0.15, 0.2) is 0 Å². The molecular formula is C16H26FNO. The molecule has 108 valence electrons. The topological polar surface area (TPSA) is 32.3 Å². The molecule has 1 rings (SSSR count). The van der Waals surface area contributed by atoms with Gasteiger partial charge in [0.2, 0.25) is 0 Å². The van der Waals surface area contributed by atoms with Crippen molar-refractivity contribution in [2.75, 3.05) is 13.2 Å². The Morgan fingerprint density at radius 2 is 1.89 bits per heavy atom. The maximum absolute atomic E-state index is 13.6. The summed E-state index contributed by atoms with van der Waals surface area (Å²) >= 11 is 0. The summed E-state index contributed by atoms with van der Waals surface area (Å²) in [5.74, 6) is -0.143. The highest BCUT2D eigenvalue weighted by atomic mass is 19.1. The molecule has 1 aromatic rings. The normalized spacial score (nSPS) is 13.5. The Bertz CT molecular complexity index is 369. The fourth-order valence-electron chi connectivity index (χ4n) is 2.24. The first-order valence-corrected chi connectivity index (χ1v) is 7.14. The van der Waals surface area contributed by atoms with E-state index < -0.39 is 0 Å². The van der Waals surface area contributed by atoms with Gasteiger partial charge in [0.25, 0.3) is 0 Å². The minimum Gasteiger partial charge on any atom is -0.396 e. The number of aliphatic hydroxyl groups is 1. The van der Waals surface area contributed by atoms with Crippen LogP contribution in [0.5, 0.6) is 0 Å². The quantitative estimate of drug-likeness (QED) is 0.758. The van der Waals surface area contributed by atoms with Crippen LogP contribution in [0.25, 0.3) is 0 Å². The molecule has 0 spiro atoms. The van der Waals surface area contributed by atoms with Crippen molar-refractivity contribution in [2.24, 2.45) is 5.41 Å². The molecule has 0 fully saturated rings. The van der Waals surface area contributed by atoms with E-state index in [-0.39, 0.29) is 23.9 Å². The Morgan fingerprint density at radius 1 is 1.26 bits per heavy atom. The van der Waals surface area contributed by atoms with Crippen LogP contribution in [-0.2, 0) is 6.42 Å². The van der Waals surface area contributed by atoms with E-state index in [2.05, 4.69) is 26.1 Å². The first-order chi connectivity index (χ1) is 9.06. The second-order valence-electron chi connectivity index (χ2n) is 5.44. The highest BCUT2D eigenvalue weighted by Gasteiger charge is 2.25. The highest BCUT2D eigenvalue weighted by molar-refractivity contribution is 5.18. The molecule has 2 nitrogen and oxygen atoms in total. The summed E-state index contributed by atoms with van der Waals surface area (Å²) in [4.78, 5) is 0. The zero-order chi connectivity index (χ0) is 14.3. The van der Waals surface area contributed by atoms with E-state index in [0.29, 0.717) is 6.42 Å². The van der Waals surface area contributed by atoms with Crippen molar-refractivity contribution in [1.82, 2.24) is 5.32 Å². The van der Waals surface area contributed by atoms with Crippen molar-refractivity contribution in [3.8, 4) is 0 Å². The van der Waals surface area contributed by atoms with Gasteiger partial charge in [0, 0.05) is 24.6 Å². The van der Waals surface area contributed by atoms with Gasteiger partial charge in [-0.1, -0.05) is 32.0 Å². The van der Waals surface area contributed by atoms with Crippen LogP contribution in [0.2, 0.25) is 0 Å². The molecule has 2 N–H and O–H groups in total. The summed E-state index contributed by atoms with van der Waals surface area (Å²) in [5.41, 5.74) is 0.689. The standard InChI is InChI=1S/C16H26FNO/c1-4-16(5-2,12-19)11-18-13(3)10-14-8-6-7-9-15(14)17/h6-9,13,18-19H,4-5,10-12H2,1-3H3. The lowest BCUT2D eigenvalue weighted by atomic mass is 9.83. The molecule has 0 radical (unpaired) electrons. The smallest absolute Gasteiger partial charge is 0.126 e. The van der Waals surface area contributed by atoms with Gasteiger partial charge >= 0.3 is 0 Å². The highest BCUT2D eigenvalue weighted by Crippen LogP contribution is 2.24. The summed E-state index contributed by atoms with van der Waals surface area (Å²) in [7, 11) is 0. The van der Waals surface area contributed by atoms with E-state index in [1.165, 1.54) is 6.07 Å². The van der Waals surface area contributed by atoms with E-state index >= 15 is 0 Å². The minimum absolute atomic E-state index is 0.0521. The molecule has 3 heteroatoms. The summed E-state index contributed by atoms with van der Waals surface area (Å²) in [6.07, 6.45) is 2.56. The zero-order valence-electron chi connectivity index (χ0n) is 12.2. The van der Waals surface area contributed by atoms with Crippen molar-refractivity contribution in [1.29, 1.82) is 0 Å². The average molecular weight is 267 g/mol. The monoisotopic (exact) mass is 267 g/mol. The van der Waals surface area contributed by atoms with Crippen LogP contribution in [0.15, 0.2) is 24.3 Å². The lowest BCUT2D eigenvalue weighted by molar-refractivity contribution is 0.110. The fourth-order valence-corrected chi connectivity index (χ4v) is 2.24. The predicted octanol–water partition coefficient (Wildman–Crippen LogP) is 3.15. The van der Waals surface area contributed by atoms with Crippen LogP contribution in [0, 0.1) is 11.2 Å². The number of halogens is 1. The van der Waals surface area contributed by atoms with E-state index in [0.717, 1.165) is 24.9 Å². The van der Waals surface area contributed by atoms with Crippen molar-refractivity contribution >= 4 is 0 Å². The maximum Gasteiger partial charge on any atom is 0.126 e. The van der Waals surface area contributed by atoms with Gasteiger partial charge in [0.1, 0.15) is 5.82 Å². The Balaban J connectivity index is 2.52. The molecule has 1 aromatic carbocycles. The Hall–Kier alpha value is -0.930. The lowest BCUT2D eigenvalue weighted by Crippen LogP contribution is -2.41. The molecular weight excluding hydrogens is 241 g/mol. The molecule has 0 aliphatic rings. The number of hydrogen-bond acceptors (Lipinski definition) is 2. The Morgan fingerprint density at radius 3 is 2.42 bits per heavy atom. The van der Waals surface area contributed by atoms with Gasteiger partial charge in [-0.05, 0) is 37.8 Å². The van der Waals surface area contributed by atoms with Crippen molar-refractivity contribution in [3.05, 3.63) is 35.6 Å². The van der Waals surface area contributed by atoms with Crippen molar-refractivity contribution in [3.63, 3.8) is 0 Å². The fraction of sp³-hybridized carbons (Fsp3) is 0.625. The van der Waals surface area contributed by atoms with Gasteiger partial charge in [0.05, 0.1) is 0 Å². The maximum atomic E-state index is 13.6. The van der Waals surface area contributed by atoms with E-state index in [4.69, 9.17) is 0 Å². The third kappa shape index (κ3) is 4.59. The molecule has 0 saturated carbocycles. The number of nitrogens with one attached hydrogen (secondary N) is 1. The second kappa shape index (κ2) is 7.61. The van der Waals surface area contributed by atoms with Crippen LogP contribution in [-0.4, -0.2) is 24.3 Å². The Labute approximate surface area is 116 Å². The Kier molecular flexibility index (Phi) is 6.46. The molecule has 0 saturated heterocycles. The summed E-state index contributed by atoms with van der Waals surface area (Å²) in [6, 6.07) is 7.09.